The van der Waals surface area contributed by atoms with Gasteiger partial charge in [-0.2, -0.15) is 0 Å². The molecule has 0 N–H and O–H groups in total. The van der Waals surface area contributed by atoms with E-state index >= 15 is 0 Å². The molecule has 250 valence electrons. The first-order valence-corrected chi connectivity index (χ1v) is 18.0. The summed E-state index contributed by atoms with van der Waals surface area (Å²) in [5.41, 5.74) is 13.4. The van der Waals surface area contributed by atoms with Crippen LogP contribution in [0.5, 0.6) is 0 Å². The smallest absolute Gasteiger partial charge is 0.137 e. The van der Waals surface area contributed by atoms with E-state index in [0.717, 1.165) is 44.6 Å². The first-order valence-electron chi connectivity index (χ1n) is 18.0. The van der Waals surface area contributed by atoms with E-state index < -0.39 is 0 Å². The van der Waals surface area contributed by atoms with Crippen molar-refractivity contribution < 1.29 is 4.42 Å². The maximum Gasteiger partial charge on any atom is 0.137 e. The number of rotatable bonds is 6. The number of furan rings is 1. The second kappa shape index (κ2) is 12.7. The fourth-order valence-corrected chi connectivity index (χ4v) is 7.63. The van der Waals surface area contributed by atoms with E-state index in [0.29, 0.717) is 0 Å². The number of benzene rings is 8. The lowest BCUT2D eigenvalue weighted by Crippen LogP contribution is -2.15. The molecule has 9 rings (SSSR count). The van der Waals surface area contributed by atoms with Gasteiger partial charge in [0.1, 0.15) is 11.2 Å². The Morgan fingerprint density at radius 1 is 0.423 bits per heavy atom. The van der Waals surface area contributed by atoms with E-state index in [2.05, 4.69) is 196 Å². The quantitative estimate of drug-likeness (QED) is 0.175. The molecule has 0 radical (unpaired) electrons. The normalized spacial score (nSPS) is 11.8. The Kier molecular flexibility index (Phi) is 7.74. The molecule has 1 aromatic heterocycles. The summed E-state index contributed by atoms with van der Waals surface area (Å²) in [6, 6.07) is 65.6. The predicted molar refractivity (Wildman–Crippen MR) is 221 cm³/mol. The molecule has 2 nitrogen and oxygen atoms in total. The summed E-state index contributed by atoms with van der Waals surface area (Å²) in [5.74, 6) is 0. The topological polar surface area (TPSA) is 16.4 Å². The van der Waals surface area contributed by atoms with Gasteiger partial charge in [0.25, 0.3) is 0 Å². The van der Waals surface area contributed by atoms with Crippen LogP contribution in [-0.4, -0.2) is 0 Å². The van der Waals surface area contributed by atoms with Gasteiger partial charge in [0, 0.05) is 33.7 Å². The Morgan fingerprint density at radius 2 is 1.02 bits per heavy atom. The Balaban J connectivity index is 1.35. The van der Waals surface area contributed by atoms with Gasteiger partial charge < -0.3 is 9.32 Å². The maximum absolute atomic E-state index is 6.50. The molecule has 0 amide bonds. The molecule has 0 spiro atoms. The summed E-state index contributed by atoms with van der Waals surface area (Å²) in [6.07, 6.45) is 0. The van der Waals surface area contributed by atoms with Gasteiger partial charge in [-0.15, -0.1) is 0 Å². The molecule has 0 atom stereocenters. The van der Waals surface area contributed by atoms with Gasteiger partial charge in [-0.1, -0.05) is 160 Å². The van der Waals surface area contributed by atoms with Crippen LogP contribution in [0.25, 0.3) is 66.1 Å². The average Bonchev–Trinajstić information content (AvgIpc) is 3.56. The predicted octanol–water partition coefficient (Wildman–Crippen LogP) is 14.5. The molecule has 1 heterocycles. The standard InChI is InChI=1S/C50H39NO/c1-50(2,3)37-28-31-46(44(32-37)35-18-8-5-9-19-35)51(38-29-30-42-41-23-11-13-27-47(41)52-48(42)33-38)45-26-12-10-22-40(45)43-25-15-21-36-20-14-24-39(49(36)43)34-16-6-4-7-17-34/h4-33H,1-3H3. The zero-order chi connectivity index (χ0) is 35.2. The largest absolute Gasteiger partial charge is 0.456 e. The number of hydrogen-bond acceptors (Lipinski definition) is 2. The van der Waals surface area contributed by atoms with Gasteiger partial charge in [0.15, 0.2) is 0 Å². The van der Waals surface area contributed by atoms with Gasteiger partial charge in [-0.25, -0.2) is 0 Å². The average molecular weight is 670 g/mol. The maximum atomic E-state index is 6.50. The van der Waals surface area contributed by atoms with E-state index in [1.165, 1.54) is 44.2 Å². The lowest BCUT2D eigenvalue weighted by atomic mass is 9.84. The van der Waals surface area contributed by atoms with Crippen LogP contribution in [-0.2, 0) is 5.41 Å². The summed E-state index contributed by atoms with van der Waals surface area (Å²) >= 11 is 0. The molecule has 0 saturated carbocycles. The Labute approximate surface area is 305 Å². The van der Waals surface area contributed by atoms with Crippen LogP contribution in [0, 0.1) is 0 Å². The molecule has 9 aromatic rings. The van der Waals surface area contributed by atoms with Gasteiger partial charge in [0.2, 0.25) is 0 Å². The summed E-state index contributed by atoms with van der Waals surface area (Å²) in [5, 5.41) is 4.69. The molecule has 0 aliphatic carbocycles. The van der Waals surface area contributed by atoms with Crippen LogP contribution >= 0.6 is 0 Å². The second-order valence-corrected chi connectivity index (χ2v) is 14.6. The fourth-order valence-electron chi connectivity index (χ4n) is 7.63. The molecule has 52 heavy (non-hydrogen) atoms. The van der Waals surface area contributed by atoms with Crippen molar-refractivity contribution in [3.8, 4) is 33.4 Å². The van der Waals surface area contributed by atoms with Crippen molar-refractivity contribution in [1.29, 1.82) is 0 Å². The number of hydrogen-bond donors (Lipinski definition) is 0. The summed E-state index contributed by atoms with van der Waals surface area (Å²) < 4.78 is 6.50. The Bertz CT molecular complexity index is 2710. The number of nitrogens with zero attached hydrogens (tertiary/aromatic N) is 1. The molecule has 8 aromatic carbocycles. The molecule has 2 heteroatoms. The highest BCUT2D eigenvalue weighted by atomic mass is 16.3. The van der Waals surface area contributed by atoms with Crippen LogP contribution in [0.15, 0.2) is 186 Å². The third kappa shape index (κ3) is 5.54. The van der Waals surface area contributed by atoms with E-state index in [9.17, 15) is 0 Å². The summed E-state index contributed by atoms with van der Waals surface area (Å²) in [6.45, 7) is 6.85. The van der Waals surface area contributed by atoms with E-state index in [4.69, 9.17) is 4.42 Å². The minimum absolute atomic E-state index is 0.0191. The van der Waals surface area contributed by atoms with Crippen LogP contribution in [0.3, 0.4) is 0 Å². The summed E-state index contributed by atoms with van der Waals surface area (Å²) in [4.78, 5) is 2.43. The van der Waals surface area contributed by atoms with E-state index in [1.54, 1.807) is 0 Å². The van der Waals surface area contributed by atoms with Crippen LogP contribution in [0.4, 0.5) is 17.1 Å². The van der Waals surface area contributed by atoms with Crippen molar-refractivity contribution in [2.75, 3.05) is 4.90 Å². The molecule has 0 unspecified atom stereocenters. The van der Waals surface area contributed by atoms with Crippen molar-refractivity contribution in [2.45, 2.75) is 26.2 Å². The van der Waals surface area contributed by atoms with Crippen molar-refractivity contribution >= 4 is 49.8 Å². The van der Waals surface area contributed by atoms with Crippen molar-refractivity contribution in [3.63, 3.8) is 0 Å². The Morgan fingerprint density at radius 3 is 1.77 bits per heavy atom. The van der Waals surface area contributed by atoms with E-state index in [-0.39, 0.29) is 5.41 Å². The van der Waals surface area contributed by atoms with Crippen LogP contribution < -0.4 is 4.90 Å². The minimum Gasteiger partial charge on any atom is -0.456 e. The molecular formula is C50H39NO. The lowest BCUT2D eigenvalue weighted by Gasteiger charge is -2.31. The summed E-state index contributed by atoms with van der Waals surface area (Å²) in [7, 11) is 0. The molecular weight excluding hydrogens is 631 g/mol. The van der Waals surface area contributed by atoms with Gasteiger partial charge >= 0.3 is 0 Å². The van der Waals surface area contributed by atoms with Gasteiger partial charge in [0.05, 0.1) is 11.4 Å². The SMILES string of the molecule is CC(C)(C)c1ccc(N(c2ccc3c(c2)oc2ccccc23)c2ccccc2-c2cccc3cccc(-c4ccccc4)c23)c(-c2ccccc2)c1. The molecule has 0 aliphatic rings. The van der Waals surface area contributed by atoms with Gasteiger partial charge in [-0.05, 0) is 80.4 Å². The molecule has 0 fully saturated rings. The van der Waals surface area contributed by atoms with Crippen molar-refractivity contribution in [1.82, 2.24) is 0 Å². The monoisotopic (exact) mass is 669 g/mol. The number of fused-ring (bicyclic) bond motifs is 4. The molecule has 0 aliphatic heterocycles. The third-order valence-electron chi connectivity index (χ3n) is 10.2. The molecule has 0 bridgehead atoms. The highest BCUT2D eigenvalue weighted by Crippen LogP contribution is 2.48. The zero-order valence-corrected chi connectivity index (χ0v) is 29.7. The number of para-hydroxylation sites is 2. The van der Waals surface area contributed by atoms with E-state index in [1.807, 2.05) is 12.1 Å². The minimum atomic E-state index is -0.0191. The van der Waals surface area contributed by atoms with Crippen molar-refractivity contribution in [2.24, 2.45) is 0 Å². The third-order valence-corrected chi connectivity index (χ3v) is 10.2. The lowest BCUT2D eigenvalue weighted by molar-refractivity contribution is 0.590. The Hall–Kier alpha value is -6.38. The van der Waals surface area contributed by atoms with Crippen LogP contribution in [0.1, 0.15) is 26.3 Å². The van der Waals surface area contributed by atoms with Gasteiger partial charge in [-0.3, -0.25) is 0 Å². The second-order valence-electron chi connectivity index (χ2n) is 14.6. The molecule has 0 saturated heterocycles. The fraction of sp³-hybridized carbons (Fsp3) is 0.0800. The highest BCUT2D eigenvalue weighted by molar-refractivity contribution is 6.10. The van der Waals surface area contributed by atoms with Crippen molar-refractivity contribution in [3.05, 3.63) is 188 Å². The highest BCUT2D eigenvalue weighted by Gasteiger charge is 2.25. The zero-order valence-electron chi connectivity index (χ0n) is 29.7. The first-order chi connectivity index (χ1) is 25.4. The van der Waals surface area contributed by atoms with Crippen LogP contribution in [0.2, 0.25) is 0 Å². The number of anilines is 3. The first kappa shape index (κ1) is 31.6.